The molecule has 1 heterocycles. The Morgan fingerprint density at radius 2 is 2.18 bits per heavy atom. The maximum atomic E-state index is 12.1. The Kier molecular flexibility index (Phi) is 9.03. The van der Waals surface area contributed by atoms with Crippen molar-refractivity contribution in [1.82, 2.24) is 9.80 Å². The largest absolute Gasteiger partial charge is 0.480 e. The van der Waals surface area contributed by atoms with E-state index in [2.05, 4.69) is 6.92 Å². The number of carbonyl (C=O) groups is 2. The van der Waals surface area contributed by atoms with Crippen molar-refractivity contribution in [3.63, 3.8) is 0 Å². The number of hydrogen-bond acceptors (Lipinski definition) is 5. The summed E-state index contributed by atoms with van der Waals surface area (Å²) in [6, 6.07) is 0. The maximum Gasteiger partial charge on any atom is 0.317 e. The highest BCUT2D eigenvalue weighted by molar-refractivity contribution is 5.77. The van der Waals surface area contributed by atoms with Gasteiger partial charge in [0.2, 0.25) is 5.91 Å². The molecule has 0 aromatic rings. The Labute approximate surface area is 132 Å². The highest BCUT2D eigenvalue weighted by Crippen LogP contribution is 2.07. The molecule has 0 aliphatic carbocycles. The fraction of sp³-hybridized carbons (Fsp3) is 0.867. The summed E-state index contributed by atoms with van der Waals surface area (Å²) in [6.07, 6.45) is 3.08. The second-order valence-corrected chi connectivity index (χ2v) is 5.68. The number of carboxylic acids is 1. The highest BCUT2D eigenvalue weighted by atomic mass is 16.5. The Morgan fingerprint density at radius 3 is 2.86 bits per heavy atom. The first-order valence-corrected chi connectivity index (χ1v) is 7.90. The van der Waals surface area contributed by atoms with Crippen molar-refractivity contribution in [2.75, 3.05) is 53.0 Å². The second kappa shape index (κ2) is 10.5. The lowest BCUT2D eigenvalue weighted by atomic mass is 10.2. The van der Waals surface area contributed by atoms with Crippen molar-refractivity contribution in [1.29, 1.82) is 0 Å². The van der Waals surface area contributed by atoms with E-state index in [-0.39, 0.29) is 25.2 Å². The third kappa shape index (κ3) is 7.72. The van der Waals surface area contributed by atoms with Crippen LogP contribution in [0.2, 0.25) is 0 Å². The van der Waals surface area contributed by atoms with Crippen molar-refractivity contribution in [3.05, 3.63) is 0 Å². The Morgan fingerprint density at radius 1 is 1.41 bits per heavy atom. The number of nitrogens with zero attached hydrogens (tertiary/aromatic N) is 2. The average Bonchev–Trinajstić information content (AvgIpc) is 2.46. The van der Waals surface area contributed by atoms with Gasteiger partial charge >= 0.3 is 5.97 Å². The first-order chi connectivity index (χ1) is 10.5. The molecule has 1 saturated heterocycles. The minimum atomic E-state index is -0.869. The standard InChI is InChI=1S/C15H28N2O5/c1-3-4-5-7-21-12-14(18)17-6-8-22-13(10-17)9-16(2)11-15(19)20/h13H,3-12H2,1-2H3,(H,19,20). The van der Waals surface area contributed by atoms with Gasteiger partial charge in [-0.3, -0.25) is 14.5 Å². The highest BCUT2D eigenvalue weighted by Gasteiger charge is 2.25. The number of morpholine rings is 1. The molecule has 128 valence electrons. The van der Waals surface area contributed by atoms with Gasteiger partial charge in [0, 0.05) is 26.2 Å². The zero-order chi connectivity index (χ0) is 16.4. The molecule has 1 amide bonds. The minimum Gasteiger partial charge on any atom is -0.480 e. The van der Waals surface area contributed by atoms with Gasteiger partial charge in [0.25, 0.3) is 0 Å². The summed E-state index contributed by atoms with van der Waals surface area (Å²) < 4.78 is 11.0. The predicted octanol–water partition coefficient (Wildman–Crippen LogP) is 0.437. The van der Waals surface area contributed by atoms with Gasteiger partial charge in [0.15, 0.2) is 0 Å². The van der Waals surface area contributed by atoms with Gasteiger partial charge < -0.3 is 19.5 Å². The van der Waals surface area contributed by atoms with Crippen LogP contribution in [-0.4, -0.2) is 85.9 Å². The van der Waals surface area contributed by atoms with Crippen LogP contribution in [0, 0.1) is 0 Å². The lowest BCUT2D eigenvalue weighted by molar-refractivity contribution is -0.145. The SMILES string of the molecule is CCCCCOCC(=O)N1CCOC(CN(C)CC(=O)O)C1. The van der Waals surface area contributed by atoms with E-state index in [1.54, 1.807) is 16.8 Å². The summed E-state index contributed by atoms with van der Waals surface area (Å²) in [7, 11) is 1.73. The fourth-order valence-corrected chi connectivity index (χ4v) is 2.40. The summed E-state index contributed by atoms with van der Waals surface area (Å²) in [5, 5.41) is 8.75. The van der Waals surface area contributed by atoms with Gasteiger partial charge in [0.1, 0.15) is 6.61 Å². The van der Waals surface area contributed by atoms with Crippen LogP contribution in [0.25, 0.3) is 0 Å². The van der Waals surface area contributed by atoms with Crippen molar-refractivity contribution < 1.29 is 24.2 Å². The van der Waals surface area contributed by atoms with Crippen LogP contribution < -0.4 is 0 Å². The summed E-state index contributed by atoms with van der Waals surface area (Å²) in [5.41, 5.74) is 0. The summed E-state index contributed by atoms with van der Waals surface area (Å²) in [5.74, 6) is -0.891. The van der Waals surface area contributed by atoms with Crippen molar-refractivity contribution >= 4 is 11.9 Å². The van der Waals surface area contributed by atoms with E-state index in [1.165, 1.54) is 0 Å². The second-order valence-electron chi connectivity index (χ2n) is 5.68. The lowest BCUT2D eigenvalue weighted by Crippen LogP contribution is -2.50. The number of ether oxygens (including phenoxy) is 2. The quantitative estimate of drug-likeness (QED) is 0.589. The molecule has 1 aliphatic rings. The van der Waals surface area contributed by atoms with Crippen LogP contribution in [0.15, 0.2) is 0 Å². The Bertz CT molecular complexity index is 351. The zero-order valence-corrected chi connectivity index (χ0v) is 13.6. The van der Waals surface area contributed by atoms with Crippen LogP contribution >= 0.6 is 0 Å². The molecule has 1 atom stereocenters. The predicted molar refractivity (Wildman–Crippen MR) is 81.8 cm³/mol. The Hall–Kier alpha value is -1.18. The van der Waals surface area contributed by atoms with Crippen molar-refractivity contribution in [2.24, 2.45) is 0 Å². The summed E-state index contributed by atoms with van der Waals surface area (Å²) in [4.78, 5) is 26.2. The van der Waals surface area contributed by atoms with Crippen LogP contribution in [0.3, 0.4) is 0 Å². The van der Waals surface area contributed by atoms with Crippen LogP contribution in [-0.2, 0) is 19.1 Å². The summed E-state index contributed by atoms with van der Waals surface area (Å²) >= 11 is 0. The van der Waals surface area contributed by atoms with Gasteiger partial charge in [-0.25, -0.2) is 0 Å². The molecule has 0 aromatic carbocycles. The molecule has 1 rings (SSSR count). The first kappa shape index (κ1) is 18.9. The third-order valence-corrected chi connectivity index (χ3v) is 3.53. The molecule has 22 heavy (non-hydrogen) atoms. The number of carboxylic acid groups (broad SMARTS) is 1. The lowest BCUT2D eigenvalue weighted by Gasteiger charge is -2.34. The molecular formula is C15H28N2O5. The van der Waals surface area contributed by atoms with Crippen molar-refractivity contribution in [3.8, 4) is 0 Å². The van der Waals surface area contributed by atoms with E-state index in [4.69, 9.17) is 14.6 Å². The number of hydrogen-bond donors (Lipinski definition) is 1. The maximum absolute atomic E-state index is 12.1. The van der Waals surface area contributed by atoms with E-state index < -0.39 is 5.97 Å². The normalized spacial score (nSPS) is 18.7. The van der Waals surface area contributed by atoms with Gasteiger partial charge in [-0.2, -0.15) is 0 Å². The zero-order valence-electron chi connectivity index (χ0n) is 13.6. The molecule has 0 bridgehead atoms. The van der Waals surface area contributed by atoms with E-state index in [9.17, 15) is 9.59 Å². The Balaban J connectivity index is 2.26. The van der Waals surface area contributed by atoms with Gasteiger partial charge in [0.05, 0.1) is 19.3 Å². The number of carbonyl (C=O) groups excluding carboxylic acids is 1. The minimum absolute atomic E-state index is 0.0225. The topological polar surface area (TPSA) is 79.3 Å². The molecule has 1 fully saturated rings. The molecule has 0 saturated carbocycles. The van der Waals surface area contributed by atoms with Crippen LogP contribution in [0.5, 0.6) is 0 Å². The van der Waals surface area contributed by atoms with Gasteiger partial charge in [-0.15, -0.1) is 0 Å². The summed E-state index contributed by atoms with van der Waals surface area (Å²) in [6.45, 7) is 4.85. The molecule has 0 spiro atoms. The number of rotatable bonds is 10. The van der Waals surface area contributed by atoms with E-state index in [0.717, 1.165) is 19.3 Å². The number of amides is 1. The molecule has 7 heteroatoms. The molecule has 7 nitrogen and oxygen atoms in total. The first-order valence-electron chi connectivity index (χ1n) is 7.90. The van der Waals surface area contributed by atoms with E-state index in [0.29, 0.717) is 32.8 Å². The molecule has 0 radical (unpaired) electrons. The number of aliphatic carboxylic acids is 1. The van der Waals surface area contributed by atoms with Crippen molar-refractivity contribution in [2.45, 2.75) is 32.3 Å². The monoisotopic (exact) mass is 316 g/mol. The van der Waals surface area contributed by atoms with Gasteiger partial charge in [-0.05, 0) is 13.5 Å². The van der Waals surface area contributed by atoms with E-state index >= 15 is 0 Å². The molecule has 0 aromatic heterocycles. The van der Waals surface area contributed by atoms with E-state index in [1.807, 2.05) is 0 Å². The van der Waals surface area contributed by atoms with Crippen LogP contribution in [0.4, 0.5) is 0 Å². The molecular weight excluding hydrogens is 288 g/mol. The smallest absolute Gasteiger partial charge is 0.317 e. The molecule has 1 unspecified atom stereocenters. The average molecular weight is 316 g/mol. The van der Waals surface area contributed by atoms with Gasteiger partial charge in [-0.1, -0.05) is 19.8 Å². The number of unbranched alkanes of at least 4 members (excludes halogenated alkanes) is 2. The third-order valence-electron chi connectivity index (χ3n) is 3.53. The number of likely N-dealkylation sites (N-methyl/N-ethyl adjacent to an activating group) is 1. The molecule has 1 N–H and O–H groups in total. The molecule has 1 aliphatic heterocycles. The fourth-order valence-electron chi connectivity index (χ4n) is 2.40. The van der Waals surface area contributed by atoms with Crippen LogP contribution in [0.1, 0.15) is 26.2 Å².